The number of carbonyl (C=O) groups is 2. The summed E-state index contributed by atoms with van der Waals surface area (Å²) in [6.07, 6.45) is -0.715. The number of methoxy groups -OCH3 is 1. The number of nitrogens with zero attached hydrogens (tertiary/aromatic N) is 1. The summed E-state index contributed by atoms with van der Waals surface area (Å²) in [6, 6.07) is 5.15. The lowest BCUT2D eigenvalue weighted by Crippen LogP contribution is -2.48. The zero-order valence-electron chi connectivity index (χ0n) is 11.6. The molecule has 1 aliphatic rings. The molecule has 6 heteroatoms. The van der Waals surface area contributed by atoms with Gasteiger partial charge in [0.25, 0.3) is 5.91 Å². The molecule has 1 aromatic carbocycles. The van der Waals surface area contributed by atoms with Crippen LogP contribution in [0.2, 0.25) is 0 Å². The predicted molar refractivity (Wildman–Crippen MR) is 73.3 cm³/mol. The van der Waals surface area contributed by atoms with E-state index in [0.29, 0.717) is 24.4 Å². The maximum absolute atomic E-state index is 12.4. The molecule has 1 fully saturated rings. The van der Waals surface area contributed by atoms with Crippen molar-refractivity contribution in [2.24, 2.45) is 0 Å². The van der Waals surface area contributed by atoms with E-state index in [2.05, 4.69) is 4.74 Å². The van der Waals surface area contributed by atoms with Gasteiger partial charge in [-0.25, -0.2) is 4.79 Å². The molecular formula is C14H18N2O4. The molecule has 6 nitrogen and oxygen atoms in total. The van der Waals surface area contributed by atoms with Crippen LogP contribution < -0.4 is 5.73 Å². The second kappa shape index (κ2) is 5.92. The topological polar surface area (TPSA) is 81.9 Å². The minimum Gasteiger partial charge on any atom is -0.467 e. The van der Waals surface area contributed by atoms with E-state index in [4.69, 9.17) is 10.5 Å². The Bertz CT molecular complexity index is 530. The van der Waals surface area contributed by atoms with Gasteiger partial charge in [0.15, 0.2) is 6.10 Å². The maximum Gasteiger partial charge on any atom is 0.336 e. The van der Waals surface area contributed by atoms with Crippen molar-refractivity contribution in [3.63, 3.8) is 0 Å². The number of rotatable bonds is 2. The van der Waals surface area contributed by atoms with E-state index in [1.165, 1.54) is 7.11 Å². The number of amides is 1. The van der Waals surface area contributed by atoms with Crippen LogP contribution in [0, 0.1) is 6.92 Å². The van der Waals surface area contributed by atoms with Crippen molar-refractivity contribution in [1.29, 1.82) is 0 Å². The van der Waals surface area contributed by atoms with Crippen molar-refractivity contribution >= 4 is 17.6 Å². The molecule has 0 aromatic heterocycles. The maximum atomic E-state index is 12.4. The van der Waals surface area contributed by atoms with Gasteiger partial charge in [-0.1, -0.05) is 0 Å². The van der Waals surface area contributed by atoms with Crippen molar-refractivity contribution in [1.82, 2.24) is 4.90 Å². The van der Waals surface area contributed by atoms with E-state index in [-0.39, 0.29) is 12.5 Å². The van der Waals surface area contributed by atoms with Crippen LogP contribution in [0.4, 0.5) is 5.69 Å². The van der Waals surface area contributed by atoms with Gasteiger partial charge in [0, 0.05) is 17.8 Å². The molecule has 0 spiro atoms. The third kappa shape index (κ3) is 2.91. The molecule has 1 aliphatic heterocycles. The summed E-state index contributed by atoms with van der Waals surface area (Å²) < 4.78 is 9.94. The third-order valence-corrected chi connectivity index (χ3v) is 3.33. The minimum atomic E-state index is -0.715. The van der Waals surface area contributed by atoms with Crippen LogP contribution in [-0.4, -0.2) is 49.7 Å². The zero-order valence-corrected chi connectivity index (χ0v) is 11.6. The Morgan fingerprint density at radius 1 is 1.45 bits per heavy atom. The number of nitrogens with two attached hydrogens (primary N) is 1. The predicted octanol–water partition coefficient (Wildman–Crippen LogP) is 0.591. The van der Waals surface area contributed by atoms with Crippen LogP contribution in [0.5, 0.6) is 0 Å². The van der Waals surface area contributed by atoms with Gasteiger partial charge in [-0.05, 0) is 30.7 Å². The van der Waals surface area contributed by atoms with Crippen LogP contribution >= 0.6 is 0 Å². The fourth-order valence-corrected chi connectivity index (χ4v) is 2.10. The van der Waals surface area contributed by atoms with Gasteiger partial charge in [-0.2, -0.15) is 0 Å². The SMILES string of the molecule is COC(=O)C1CN(C(=O)c2ccc(N)c(C)c2)CCO1. The standard InChI is InChI=1S/C14H18N2O4/c1-9-7-10(3-4-11(9)15)13(17)16-5-6-20-12(8-16)14(18)19-2/h3-4,7,12H,5-6,8,15H2,1-2H3. The number of morpholine rings is 1. The number of carbonyl (C=O) groups excluding carboxylic acids is 2. The molecule has 108 valence electrons. The molecule has 20 heavy (non-hydrogen) atoms. The summed E-state index contributed by atoms with van der Waals surface area (Å²) in [6.45, 7) is 2.83. The fourth-order valence-electron chi connectivity index (χ4n) is 2.10. The molecule has 0 bridgehead atoms. The quantitative estimate of drug-likeness (QED) is 0.632. The monoisotopic (exact) mass is 278 g/mol. The lowest BCUT2D eigenvalue weighted by atomic mass is 10.1. The number of nitrogen functional groups attached to an aromatic ring is 1. The number of ether oxygens (including phenoxy) is 2. The van der Waals surface area contributed by atoms with E-state index in [1.54, 1.807) is 23.1 Å². The zero-order chi connectivity index (χ0) is 14.7. The molecule has 1 saturated heterocycles. The Labute approximate surface area is 117 Å². The second-order valence-electron chi connectivity index (χ2n) is 4.71. The van der Waals surface area contributed by atoms with Gasteiger partial charge in [-0.15, -0.1) is 0 Å². The van der Waals surface area contributed by atoms with Gasteiger partial charge in [0.1, 0.15) is 0 Å². The first-order valence-electron chi connectivity index (χ1n) is 6.37. The molecule has 1 aromatic rings. The molecule has 2 N–H and O–H groups in total. The highest BCUT2D eigenvalue weighted by atomic mass is 16.6. The molecule has 2 rings (SSSR count). The Morgan fingerprint density at radius 3 is 2.85 bits per heavy atom. The first-order chi connectivity index (χ1) is 9.52. The van der Waals surface area contributed by atoms with Crippen LogP contribution in [0.15, 0.2) is 18.2 Å². The van der Waals surface area contributed by atoms with Gasteiger partial charge in [0.05, 0.1) is 20.3 Å². The molecule has 1 atom stereocenters. The highest BCUT2D eigenvalue weighted by Gasteiger charge is 2.30. The number of benzene rings is 1. The van der Waals surface area contributed by atoms with Gasteiger partial charge < -0.3 is 20.1 Å². The molecule has 1 heterocycles. The van der Waals surface area contributed by atoms with Gasteiger partial charge in [-0.3, -0.25) is 4.79 Å². The van der Waals surface area contributed by atoms with Crippen LogP contribution in [0.3, 0.4) is 0 Å². The van der Waals surface area contributed by atoms with Crippen molar-refractivity contribution in [2.75, 3.05) is 32.5 Å². The Balaban J connectivity index is 2.12. The summed E-state index contributed by atoms with van der Waals surface area (Å²) in [7, 11) is 1.30. The number of hydrogen-bond acceptors (Lipinski definition) is 5. The van der Waals surface area contributed by atoms with Crippen molar-refractivity contribution in [3.8, 4) is 0 Å². The van der Waals surface area contributed by atoms with E-state index in [0.717, 1.165) is 5.56 Å². The minimum absolute atomic E-state index is 0.134. The van der Waals surface area contributed by atoms with E-state index >= 15 is 0 Å². The highest BCUT2D eigenvalue weighted by Crippen LogP contribution is 2.16. The van der Waals surface area contributed by atoms with E-state index in [1.807, 2.05) is 6.92 Å². The highest BCUT2D eigenvalue weighted by molar-refractivity contribution is 5.95. The summed E-state index contributed by atoms with van der Waals surface area (Å²) in [5.74, 6) is -0.596. The van der Waals surface area contributed by atoms with E-state index < -0.39 is 12.1 Å². The average molecular weight is 278 g/mol. The summed E-state index contributed by atoms with van der Waals surface area (Å²) >= 11 is 0. The van der Waals surface area contributed by atoms with E-state index in [9.17, 15) is 9.59 Å². The van der Waals surface area contributed by atoms with Gasteiger partial charge >= 0.3 is 5.97 Å². The number of esters is 1. The average Bonchev–Trinajstić information content (AvgIpc) is 2.48. The number of anilines is 1. The van der Waals surface area contributed by atoms with Crippen molar-refractivity contribution in [2.45, 2.75) is 13.0 Å². The van der Waals surface area contributed by atoms with Gasteiger partial charge in [0.2, 0.25) is 0 Å². The van der Waals surface area contributed by atoms with Crippen LogP contribution in [-0.2, 0) is 14.3 Å². The summed E-state index contributed by atoms with van der Waals surface area (Å²) in [5.41, 5.74) is 7.80. The normalized spacial score (nSPS) is 18.7. The second-order valence-corrected chi connectivity index (χ2v) is 4.71. The molecule has 1 unspecified atom stereocenters. The Morgan fingerprint density at radius 2 is 2.20 bits per heavy atom. The molecule has 0 saturated carbocycles. The number of hydrogen-bond donors (Lipinski definition) is 1. The Hall–Kier alpha value is -2.08. The summed E-state index contributed by atoms with van der Waals surface area (Å²) in [5, 5.41) is 0. The Kier molecular flexibility index (Phi) is 4.24. The largest absolute Gasteiger partial charge is 0.467 e. The first-order valence-corrected chi connectivity index (χ1v) is 6.37. The smallest absolute Gasteiger partial charge is 0.336 e. The fraction of sp³-hybridized carbons (Fsp3) is 0.429. The first kappa shape index (κ1) is 14.3. The lowest BCUT2D eigenvalue weighted by Gasteiger charge is -2.31. The molecule has 0 radical (unpaired) electrons. The lowest BCUT2D eigenvalue weighted by molar-refractivity contribution is -0.158. The summed E-state index contributed by atoms with van der Waals surface area (Å²) in [4.78, 5) is 25.5. The third-order valence-electron chi connectivity index (χ3n) is 3.33. The van der Waals surface area contributed by atoms with Crippen molar-refractivity contribution in [3.05, 3.63) is 29.3 Å². The van der Waals surface area contributed by atoms with Crippen molar-refractivity contribution < 1.29 is 19.1 Å². The molecular weight excluding hydrogens is 260 g/mol. The van der Waals surface area contributed by atoms with Crippen LogP contribution in [0.1, 0.15) is 15.9 Å². The number of aryl methyl sites for hydroxylation is 1. The van der Waals surface area contributed by atoms with Crippen LogP contribution in [0.25, 0.3) is 0 Å². The molecule has 1 amide bonds. The molecule has 0 aliphatic carbocycles.